The van der Waals surface area contributed by atoms with E-state index in [1.165, 1.54) is 12.1 Å². The molecule has 1 amide bonds. The van der Waals surface area contributed by atoms with Crippen molar-refractivity contribution in [3.05, 3.63) is 60.2 Å². The Labute approximate surface area is 134 Å². The van der Waals surface area contributed by atoms with Gasteiger partial charge in [-0.2, -0.15) is 10.1 Å². The number of benzene rings is 2. The summed E-state index contributed by atoms with van der Waals surface area (Å²) in [5.41, 5.74) is 1.51. The molecule has 0 radical (unpaired) electrons. The third kappa shape index (κ3) is 2.61. The van der Waals surface area contributed by atoms with Crippen LogP contribution in [0.2, 0.25) is 0 Å². The molecule has 0 spiro atoms. The van der Waals surface area contributed by atoms with Gasteiger partial charge >= 0.3 is 0 Å². The smallest absolute Gasteiger partial charge is 0.264 e. The van der Waals surface area contributed by atoms with Crippen LogP contribution in [0.3, 0.4) is 0 Å². The molecule has 0 bridgehead atoms. The lowest BCUT2D eigenvalue weighted by Crippen LogP contribution is -2.32. The van der Waals surface area contributed by atoms with Crippen molar-refractivity contribution in [2.75, 3.05) is 12.1 Å². The van der Waals surface area contributed by atoms with Gasteiger partial charge in [0.15, 0.2) is 5.78 Å². The standard InChI is InChI=1S/C18H16N2O3/c1-12-16(17(21)14-10-6-7-11-15(14)23-2)18(22)20(19-12)13-8-4-3-5-9-13/h3-11,16H,1-2H3/t16-/m0/s1. The van der Waals surface area contributed by atoms with E-state index >= 15 is 0 Å². The van der Waals surface area contributed by atoms with Crippen molar-refractivity contribution in [2.45, 2.75) is 6.92 Å². The van der Waals surface area contributed by atoms with E-state index in [1.54, 1.807) is 43.3 Å². The lowest BCUT2D eigenvalue weighted by molar-refractivity contribution is -0.118. The number of ether oxygens (including phenoxy) is 1. The molecule has 2 aromatic carbocycles. The first-order valence-corrected chi connectivity index (χ1v) is 7.25. The lowest BCUT2D eigenvalue weighted by Gasteiger charge is -2.14. The number of carbonyl (C=O) groups excluding carboxylic acids is 2. The number of methoxy groups -OCH3 is 1. The van der Waals surface area contributed by atoms with Crippen LogP contribution in [-0.4, -0.2) is 24.5 Å². The highest BCUT2D eigenvalue weighted by atomic mass is 16.5. The van der Waals surface area contributed by atoms with E-state index in [2.05, 4.69) is 5.10 Å². The van der Waals surface area contributed by atoms with E-state index in [4.69, 9.17) is 4.74 Å². The van der Waals surface area contributed by atoms with E-state index in [9.17, 15) is 9.59 Å². The van der Waals surface area contributed by atoms with Crippen LogP contribution in [0, 0.1) is 5.92 Å². The van der Waals surface area contributed by atoms with Gasteiger partial charge in [0, 0.05) is 0 Å². The maximum absolute atomic E-state index is 12.8. The Morgan fingerprint density at radius 1 is 1.09 bits per heavy atom. The summed E-state index contributed by atoms with van der Waals surface area (Å²) in [6.07, 6.45) is 0. The maximum Gasteiger partial charge on any atom is 0.264 e. The molecule has 5 heteroatoms. The van der Waals surface area contributed by atoms with Crippen LogP contribution in [0.1, 0.15) is 17.3 Å². The Hall–Kier alpha value is -2.95. The van der Waals surface area contributed by atoms with Crippen molar-refractivity contribution in [3.63, 3.8) is 0 Å². The minimum Gasteiger partial charge on any atom is -0.496 e. The number of rotatable bonds is 4. The van der Waals surface area contributed by atoms with Crippen LogP contribution in [0.15, 0.2) is 59.7 Å². The molecular weight excluding hydrogens is 292 g/mol. The van der Waals surface area contributed by atoms with Crippen LogP contribution >= 0.6 is 0 Å². The van der Waals surface area contributed by atoms with Gasteiger partial charge in [0.25, 0.3) is 5.91 Å². The molecule has 0 unspecified atom stereocenters. The van der Waals surface area contributed by atoms with Gasteiger partial charge in [-0.1, -0.05) is 30.3 Å². The largest absolute Gasteiger partial charge is 0.496 e. The molecule has 3 rings (SSSR count). The number of ketones is 1. The zero-order valence-corrected chi connectivity index (χ0v) is 12.9. The fraction of sp³-hybridized carbons (Fsp3) is 0.167. The molecule has 1 atom stereocenters. The normalized spacial score (nSPS) is 17.1. The highest BCUT2D eigenvalue weighted by Gasteiger charge is 2.40. The number of Topliss-reactive ketones (excluding diaryl/α,β-unsaturated/α-hetero) is 1. The predicted molar refractivity (Wildman–Crippen MR) is 87.9 cm³/mol. The molecule has 0 fully saturated rings. The molecule has 1 aliphatic rings. The second kappa shape index (κ2) is 6.04. The van der Waals surface area contributed by atoms with Gasteiger partial charge in [0.05, 0.1) is 24.1 Å². The van der Waals surface area contributed by atoms with Gasteiger partial charge in [-0.15, -0.1) is 0 Å². The van der Waals surface area contributed by atoms with Crippen molar-refractivity contribution in [1.29, 1.82) is 0 Å². The molecule has 1 heterocycles. The van der Waals surface area contributed by atoms with Crippen molar-refractivity contribution < 1.29 is 14.3 Å². The summed E-state index contributed by atoms with van der Waals surface area (Å²) in [4.78, 5) is 25.5. The number of hydrogen-bond acceptors (Lipinski definition) is 4. The van der Waals surface area contributed by atoms with E-state index in [0.29, 0.717) is 22.7 Å². The van der Waals surface area contributed by atoms with E-state index in [-0.39, 0.29) is 11.7 Å². The summed E-state index contributed by atoms with van der Waals surface area (Å²) < 4.78 is 5.22. The first kappa shape index (κ1) is 15.0. The van der Waals surface area contributed by atoms with Gasteiger partial charge in [0.2, 0.25) is 0 Å². The number of carbonyl (C=O) groups is 2. The topological polar surface area (TPSA) is 59.0 Å². The molecule has 0 saturated heterocycles. The fourth-order valence-corrected chi connectivity index (χ4v) is 2.63. The number of hydrogen-bond donors (Lipinski definition) is 0. The van der Waals surface area contributed by atoms with Crippen molar-refractivity contribution >= 4 is 23.1 Å². The molecule has 1 aliphatic heterocycles. The quantitative estimate of drug-likeness (QED) is 0.644. The Bertz CT molecular complexity index is 784. The third-order valence-electron chi connectivity index (χ3n) is 3.77. The SMILES string of the molecule is COc1ccccc1C(=O)[C@H]1C(=O)N(c2ccccc2)N=C1C. The fourth-order valence-electron chi connectivity index (χ4n) is 2.63. The second-order valence-corrected chi connectivity index (χ2v) is 5.22. The molecule has 5 nitrogen and oxygen atoms in total. The molecule has 2 aromatic rings. The van der Waals surface area contributed by atoms with Gasteiger partial charge in [0.1, 0.15) is 11.7 Å². The van der Waals surface area contributed by atoms with Crippen molar-refractivity contribution in [1.82, 2.24) is 0 Å². The van der Waals surface area contributed by atoms with E-state index in [1.807, 2.05) is 18.2 Å². The van der Waals surface area contributed by atoms with Crippen LogP contribution in [0.4, 0.5) is 5.69 Å². The first-order chi connectivity index (χ1) is 11.1. The monoisotopic (exact) mass is 308 g/mol. The zero-order chi connectivity index (χ0) is 16.4. The minimum atomic E-state index is -0.911. The number of nitrogens with zero attached hydrogens (tertiary/aromatic N) is 2. The average molecular weight is 308 g/mol. The molecule has 23 heavy (non-hydrogen) atoms. The van der Waals surface area contributed by atoms with Gasteiger partial charge in [-0.25, -0.2) is 0 Å². The minimum absolute atomic E-state index is 0.299. The maximum atomic E-state index is 12.8. The van der Waals surface area contributed by atoms with Crippen LogP contribution < -0.4 is 9.75 Å². The summed E-state index contributed by atoms with van der Waals surface area (Å²) in [5, 5.41) is 5.55. The van der Waals surface area contributed by atoms with Gasteiger partial charge < -0.3 is 4.74 Å². The average Bonchev–Trinajstić information content (AvgIpc) is 2.89. The van der Waals surface area contributed by atoms with Crippen LogP contribution in [-0.2, 0) is 4.79 Å². The number of anilines is 1. The molecular formula is C18H16N2O3. The molecule has 0 aromatic heterocycles. The predicted octanol–water partition coefficient (Wildman–Crippen LogP) is 2.92. The zero-order valence-electron chi connectivity index (χ0n) is 12.9. The van der Waals surface area contributed by atoms with E-state index in [0.717, 1.165) is 0 Å². The highest BCUT2D eigenvalue weighted by molar-refractivity contribution is 6.30. The summed E-state index contributed by atoms with van der Waals surface area (Å²) in [6, 6.07) is 16.0. The van der Waals surface area contributed by atoms with Crippen molar-refractivity contribution in [2.24, 2.45) is 11.0 Å². The van der Waals surface area contributed by atoms with Gasteiger partial charge in [-0.05, 0) is 31.2 Å². The molecule has 0 saturated carbocycles. The van der Waals surface area contributed by atoms with Crippen molar-refractivity contribution in [3.8, 4) is 5.75 Å². The Balaban J connectivity index is 1.94. The molecule has 0 aliphatic carbocycles. The lowest BCUT2D eigenvalue weighted by atomic mass is 9.93. The van der Waals surface area contributed by atoms with Crippen LogP contribution in [0.5, 0.6) is 5.75 Å². The number of para-hydroxylation sites is 2. The Morgan fingerprint density at radius 3 is 2.43 bits per heavy atom. The number of amides is 1. The number of hydrazone groups is 1. The second-order valence-electron chi connectivity index (χ2n) is 5.22. The van der Waals surface area contributed by atoms with E-state index < -0.39 is 5.92 Å². The summed E-state index contributed by atoms with van der Waals surface area (Å²) >= 11 is 0. The molecule has 116 valence electrons. The highest BCUT2D eigenvalue weighted by Crippen LogP contribution is 2.28. The Morgan fingerprint density at radius 2 is 1.74 bits per heavy atom. The first-order valence-electron chi connectivity index (χ1n) is 7.25. The third-order valence-corrected chi connectivity index (χ3v) is 3.77. The van der Waals surface area contributed by atoms with Crippen LogP contribution in [0.25, 0.3) is 0 Å². The summed E-state index contributed by atoms with van der Waals surface area (Å²) in [5.74, 6) is -1.10. The summed E-state index contributed by atoms with van der Waals surface area (Å²) in [6.45, 7) is 1.69. The Kier molecular flexibility index (Phi) is 3.93. The summed E-state index contributed by atoms with van der Waals surface area (Å²) in [7, 11) is 1.50. The molecule has 0 N–H and O–H groups in total. The van der Waals surface area contributed by atoms with Gasteiger partial charge in [-0.3, -0.25) is 9.59 Å².